The second-order valence-electron chi connectivity index (χ2n) is 13.7. The van der Waals surface area contributed by atoms with E-state index in [9.17, 15) is 4.79 Å². The highest BCUT2D eigenvalue weighted by Crippen LogP contribution is 2.37. The third kappa shape index (κ3) is 9.72. The maximum absolute atomic E-state index is 12.8. The molecule has 0 spiro atoms. The van der Waals surface area contributed by atoms with Crippen molar-refractivity contribution in [1.29, 1.82) is 0 Å². The molecule has 0 heterocycles. The summed E-state index contributed by atoms with van der Waals surface area (Å²) in [6, 6.07) is 21.7. The first-order chi connectivity index (χ1) is 17.2. The Labute approximate surface area is 228 Å². The number of carbonyl (C=O) groups excluding carboxylic acids is 1. The van der Waals surface area contributed by atoms with Crippen molar-refractivity contribution >= 4 is 24.7 Å². The lowest BCUT2D eigenvalue weighted by Crippen LogP contribution is -2.66. The van der Waals surface area contributed by atoms with Gasteiger partial charge in [-0.1, -0.05) is 121 Å². The van der Waals surface area contributed by atoms with E-state index >= 15 is 0 Å². The first-order valence-electron chi connectivity index (χ1n) is 14.1. The van der Waals surface area contributed by atoms with Crippen molar-refractivity contribution < 1.29 is 14.0 Å². The SMILES string of the molecule is CC(C)(C)CC(CCCCCCO[Si](c1ccccc1)(c1ccccc1)C(C)(C)C)C(=O)OC(C)(C)C. The van der Waals surface area contributed by atoms with Crippen LogP contribution in [-0.2, 0) is 14.0 Å². The Morgan fingerprint density at radius 2 is 1.22 bits per heavy atom. The standard InChI is InChI=1S/C33H52O3Si/c1-31(2,3)26-27(30(34)36-32(4,5)6)20-14-10-11-19-25-35-37(33(7,8)9,28-21-15-12-16-22-28)29-23-17-13-18-24-29/h12-13,15-18,21-24,27H,10-11,14,19-20,25-26H2,1-9H3. The summed E-state index contributed by atoms with van der Waals surface area (Å²) >= 11 is 0. The molecule has 2 rings (SSSR count). The quantitative estimate of drug-likeness (QED) is 0.161. The molecule has 0 aliphatic rings. The molecule has 206 valence electrons. The van der Waals surface area contributed by atoms with Crippen molar-refractivity contribution in [2.75, 3.05) is 6.61 Å². The van der Waals surface area contributed by atoms with E-state index in [0.717, 1.165) is 45.1 Å². The van der Waals surface area contributed by atoms with Gasteiger partial charge in [-0.3, -0.25) is 4.79 Å². The van der Waals surface area contributed by atoms with Crippen molar-refractivity contribution in [3.05, 3.63) is 60.7 Å². The molecule has 0 fully saturated rings. The molecule has 3 nitrogen and oxygen atoms in total. The Bertz CT molecular complexity index is 894. The van der Waals surface area contributed by atoms with E-state index in [2.05, 4.69) is 102 Å². The highest BCUT2D eigenvalue weighted by Gasteiger charge is 2.49. The molecule has 4 heteroatoms. The predicted octanol–water partition coefficient (Wildman–Crippen LogP) is 7.91. The zero-order valence-corrected chi connectivity index (χ0v) is 26.0. The summed E-state index contributed by atoms with van der Waals surface area (Å²) in [5.41, 5.74) is -0.337. The average Bonchev–Trinajstić information content (AvgIpc) is 2.78. The van der Waals surface area contributed by atoms with Gasteiger partial charge in [-0.2, -0.15) is 0 Å². The molecule has 0 saturated carbocycles. The fraction of sp³-hybridized carbons (Fsp3) is 0.606. The van der Waals surface area contributed by atoms with Gasteiger partial charge < -0.3 is 9.16 Å². The summed E-state index contributed by atoms with van der Waals surface area (Å²) < 4.78 is 12.8. The number of carbonyl (C=O) groups is 1. The minimum absolute atomic E-state index is 0.00327. The van der Waals surface area contributed by atoms with Crippen molar-refractivity contribution in [2.45, 2.75) is 111 Å². The molecule has 0 aromatic heterocycles. The summed E-state index contributed by atoms with van der Waals surface area (Å²) in [6.07, 6.45) is 6.03. The Balaban J connectivity index is 2.00. The molecule has 1 atom stereocenters. The van der Waals surface area contributed by atoms with Crippen LogP contribution >= 0.6 is 0 Å². The molecule has 2 aromatic carbocycles. The second-order valence-corrected chi connectivity index (χ2v) is 18.0. The minimum atomic E-state index is -2.46. The van der Waals surface area contributed by atoms with Crippen LogP contribution in [0, 0.1) is 11.3 Å². The molecule has 0 aliphatic heterocycles. The Kier molecular flexibility index (Phi) is 11.2. The Morgan fingerprint density at radius 3 is 1.65 bits per heavy atom. The first kappa shape index (κ1) is 31.3. The number of rotatable bonds is 12. The van der Waals surface area contributed by atoms with E-state index in [1.807, 2.05) is 20.8 Å². The lowest BCUT2D eigenvalue weighted by Gasteiger charge is -2.43. The number of esters is 1. The fourth-order valence-corrected chi connectivity index (χ4v) is 9.87. The van der Waals surface area contributed by atoms with E-state index in [4.69, 9.17) is 9.16 Å². The van der Waals surface area contributed by atoms with Crippen LogP contribution in [-0.4, -0.2) is 26.5 Å². The topological polar surface area (TPSA) is 35.5 Å². The minimum Gasteiger partial charge on any atom is -0.460 e. The molecule has 0 N–H and O–H groups in total. The smallest absolute Gasteiger partial charge is 0.309 e. The van der Waals surface area contributed by atoms with Crippen molar-refractivity contribution in [3.63, 3.8) is 0 Å². The lowest BCUT2D eigenvalue weighted by molar-refractivity contribution is -0.161. The average molecular weight is 525 g/mol. The van der Waals surface area contributed by atoms with Crippen LogP contribution in [0.5, 0.6) is 0 Å². The summed E-state index contributed by atoms with van der Waals surface area (Å²) in [7, 11) is -2.46. The molecule has 37 heavy (non-hydrogen) atoms. The second kappa shape index (κ2) is 13.2. The number of hydrogen-bond acceptors (Lipinski definition) is 3. The zero-order chi connectivity index (χ0) is 27.7. The number of unbranched alkanes of at least 4 members (excludes halogenated alkanes) is 3. The molecule has 0 amide bonds. The summed E-state index contributed by atoms with van der Waals surface area (Å²) in [5, 5.41) is 2.66. The molecule has 0 aliphatic carbocycles. The third-order valence-electron chi connectivity index (χ3n) is 6.78. The summed E-state index contributed by atoms with van der Waals surface area (Å²) in [6.45, 7) is 20.2. The highest BCUT2D eigenvalue weighted by atomic mass is 28.4. The van der Waals surface area contributed by atoms with E-state index in [1.165, 1.54) is 10.4 Å². The molecule has 2 aromatic rings. The summed E-state index contributed by atoms with van der Waals surface area (Å²) in [5.74, 6) is -0.0787. The van der Waals surface area contributed by atoms with E-state index in [-0.39, 0.29) is 22.3 Å². The van der Waals surface area contributed by atoms with E-state index < -0.39 is 13.9 Å². The Hall–Kier alpha value is -1.91. The van der Waals surface area contributed by atoms with Crippen LogP contribution in [0.4, 0.5) is 0 Å². The van der Waals surface area contributed by atoms with E-state index in [0.29, 0.717) is 0 Å². The van der Waals surface area contributed by atoms with Gasteiger partial charge in [0.25, 0.3) is 8.32 Å². The normalized spacial score (nSPS) is 13.9. The molecule has 0 bridgehead atoms. The van der Waals surface area contributed by atoms with Gasteiger partial charge in [0.15, 0.2) is 0 Å². The molecule has 1 unspecified atom stereocenters. The van der Waals surface area contributed by atoms with Crippen LogP contribution < -0.4 is 10.4 Å². The number of hydrogen-bond donors (Lipinski definition) is 0. The van der Waals surface area contributed by atoms with Gasteiger partial charge in [-0.15, -0.1) is 0 Å². The lowest BCUT2D eigenvalue weighted by atomic mass is 9.82. The van der Waals surface area contributed by atoms with Crippen LogP contribution in [0.25, 0.3) is 0 Å². The molecule has 0 saturated heterocycles. The predicted molar refractivity (Wildman–Crippen MR) is 160 cm³/mol. The van der Waals surface area contributed by atoms with E-state index in [1.54, 1.807) is 0 Å². The molecule has 0 radical (unpaired) electrons. The molecular formula is C33H52O3Si. The fourth-order valence-electron chi connectivity index (χ4n) is 5.26. The summed E-state index contributed by atoms with van der Waals surface area (Å²) in [4.78, 5) is 12.8. The van der Waals surface area contributed by atoms with Gasteiger partial charge >= 0.3 is 5.97 Å². The highest BCUT2D eigenvalue weighted by molar-refractivity contribution is 6.99. The van der Waals surface area contributed by atoms with Crippen LogP contribution in [0.3, 0.4) is 0 Å². The van der Waals surface area contributed by atoms with Gasteiger partial charge in [0.05, 0.1) is 5.92 Å². The monoisotopic (exact) mass is 524 g/mol. The molecular weight excluding hydrogens is 472 g/mol. The number of ether oxygens (including phenoxy) is 1. The number of benzene rings is 2. The van der Waals surface area contributed by atoms with Gasteiger partial charge in [0.2, 0.25) is 0 Å². The third-order valence-corrected chi connectivity index (χ3v) is 11.8. The largest absolute Gasteiger partial charge is 0.460 e. The zero-order valence-electron chi connectivity index (χ0n) is 25.0. The van der Waals surface area contributed by atoms with Crippen LogP contribution in [0.15, 0.2) is 60.7 Å². The van der Waals surface area contributed by atoms with Crippen molar-refractivity contribution in [2.24, 2.45) is 11.3 Å². The van der Waals surface area contributed by atoms with Gasteiger partial charge in [0, 0.05) is 6.61 Å². The van der Waals surface area contributed by atoms with Crippen LogP contribution in [0.1, 0.15) is 101 Å². The van der Waals surface area contributed by atoms with Gasteiger partial charge in [-0.05, 0) is 60.9 Å². The van der Waals surface area contributed by atoms with Crippen LogP contribution in [0.2, 0.25) is 5.04 Å². The maximum atomic E-state index is 12.8. The van der Waals surface area contributed by atoms with Gasteiger partial charge in [0.1, 0.15) is 5.60 Å². The van der Waals surface area contributed by atoms with Crippen molar-refractivity contribution in [3.8, 4) is 0 Å². The van der Waals surface area contributed by atoms with Gasteiger partial charge in [-0.25, -0.2) is 0 Å². The van der Waals surface area contributed by atoms with Crippen molar-refractivity contribution in [1.82, 2.24) is 0 Å². The Morgan fingerprint density at radius 1 is 0.730 bits per heavy atom. The first-order valence-corrected chi connectivity index (χ1v) is 16.0. The maximum Gasteiger partial charge on any atom is 0.309 e.